The van der Waals surface area contributed by atoms with Crippen molar-refractivity contribution in [3.05, 3.63) is 58.4 Å². The van der Waals surface area contributed by atoms with Gasteiger partial charge >= 0.3 is 0 Å². The number of ether oxygens (including phenoxy) is 1. The summed E-state index contributed by atoms with van der Waals surface area (Å²) in [5, 5.41) is 0.359. The number of anilines is 1. The number of carbonyl (C=O) groups excluding carboxylic acids is 1. The van der Waals surface area contributed by atoms with Gasteiger partial charge in [0.25, 0.3) is 0 Å². The lowest BCUT2D eigenvalue weighted by Gasteiger charge is -2.06. The predicted octanol–water partition coefficient (Wildman–Crippen LogP) is 3.30. The maximum Gasteiger partial charge on any atom is 0.193 e. The van der Waals surface area contributed by atoms with Gasteiger partial charge in [0.05, 0.1) is 7.11 Å². The van der Waals surface area contributed by atoms with Gasteiger partial charge in [0.2, 0.25) is 0 Å². The lowest BCUT2D eigenvalue weighted by molar-refractivity contribution is 0.103. The smallest absolute Gasteiger partial charge is 0.193 e. The Labute approximate surface area is 114 Å². The lowest BCUT2D eigenvalue weighted by Crippen LogP contribution is -2.03. The first-order valence-electron chi connectivity index (χ1n) is 5.45. The first-order chi connectivity index (χ1) is 9.01. The van der Waals surface area contributed by atoms with E-state index in [1.54, 1.807) is 0 Å². The second-order valence-electron chi connectivity index (χ2n) is 3.95. The van der Waals surface area contributed by atoms with Crippen LogP contribution in [0.1, 0.15) is 15.9 Å². The first-order valence-corrected chi connectivity index (χ1v) is 5.83. The highest BCUT2D eigenvalue weighted by atomic mass is 35.5. The van der Waals surface area contributed by atoms with Crippen LogP contribution in [-0.4, -0.2) is 12.9 Å². The second-order valence-corrected chi connectivity index (χ2v) is 4.39. The van der Waals surface area contributed by atoms with Crippen LogP contribution in [0.2, 0.25) is 5.02 Å². The van der Waals surface area contributed by atoms with Crippen LogP contribution in [0.4, 0.5) is 10.1 Å². The topological polar surface area (TPSA) is 52.3 Å². The zero-order valence-corrected chi connectivity index (χ0v) is 10.9. The Morgan fingerprint density at radius 2 is 1.95 bits per heavy atom. The molecule has 0 aromatic heterocycles. The van der Waals surface area contributed by atoms with E-state index in [1.807, 2.05) is 0 Å². The molecule has 0 bridgehead atoms. The molecule has 0 radical (unpaired) electrons. The molecule has 2 N–H and O–H groups in total. The quantitative estimate of drug-likeness (QED) is 0.693. The van der Waals surface area contributed by atoms with Crippen LogP contribution >= 0.6 is 11.6 Å². The van der Waals surface area contributed by atoms with Gasteiger partial charge in [-0.3, -0.25) is 4.79 Å². The maximum absolute atomic E-state index is 13.6. The largest absolute Gasteiger partial charge is 0.494 e. The number of halogens is 2. The second kappa shape index (κ2) is 5.28. The third kappa shape index (κ3) is 2.85. The number of rotatable bonds is 3. The van der Waals surface area contributed by atoms with Crippen LogP contribution in [0, 0.1) is 5.82 Å². The SMILES string of the molecule is COc1ccc(C(=O)c2cc(N)cc(Cl)c2)cc1F. The fourth-order valence-corrected chi connectivity index (χ4v) is 1.96. The number of nitrogens with two attached hydrogens (primary N) is 1. The van der Waals surface area contributed by atoms with Crippen molar-refractivity contribution in [1.82, 2.24) is 0 Å². The number of carbonyl (C=O) groups is 1. The maximum atomic E-state index is 13.6. The number of ketones is 1. The third-order valence-corrected chi connectivity index (χ3v) is 2.81. The Balaban J connectivity index is 2.41. The summed E-state index contributed by atoms with van der Waals surface area (Å²) >= 11 is 5.83. The molecule has 2 rings (SSSR count). The molecule has 0 atom stereocenters. The summed E-state index contributed by atoms with van der Waals surface area (Å²) in [6.07, 6.45) is 0. The molecule has 0 aliphatic carbocycles. The van der Waals surface area contributed by atoms with Gasteiger partial charge in [0, 0.05) is 21.8 Å². The van der Waals surface area contributed by atoms with Crippen LogP contribution in [-0.2, 0) is 0 Å². The normalized spacial score (nSPS) is 10.3. The van der Waals surface area contributed by atoms with E-state index >= 15 is 0 Å². The van der Waals surface area contributed by atoms with E-state index in [0.29, 0.717) is 16.3 Å². The number of benzene rings is 2. The van der Waals surface area contributed by atoms with Gasteiger partial charge in [-0.1, -0.05) is 11.6 Å². The Bertz CT molecular complexity index is 623. The minimum Gasteiger partial charge on any atom is -0.494 e. The molecule has 19 heavy (non-hydrogen) atoms. The first kappa shape index (κ1) is 13.4. The molecule has 0 saturated heterocycles. The molecule has 0 aliphatic heterocycles. The van der Waals surface area contributed by atoms with Crippen molar-refractivity contribution in [1.29, 1.82) is 0 Å². The van der Waals surface area contributed by atoms with E-state index in [2.05, 4.69) is 0 Å². The summed E-state index contributed by atoms with van der Waals surface area (Å²) in [4.78, 5) is 12.2. The van der Waals surface area contributed by atoms with Crippen molar-refractivity contribution in [3.8, 4) is 5.75 Å². The molecule has 0 fully saturated rings. The van der Waals surface area contributed by atoms with Crippen LogP contribution in [0.25, 0.3) is 0 Å². The van der Waals surface area contributed by atoms with Gasteiger partial charge in [-0.2, -0.15) is 0 Å². The average molecular weight is 280 g/mol. The highest BCUT2D eigenvalue weighted by Gasteiger charge is 2.13. The minimum absolute atomic E-state index is 0.0853. The van der Waals surface area contributed by atoms with Gasteiger partial charge in [-0.25, -0.2) is 4.39 Å². The lowest BCUT2D eigenvalue weighted by atomic mass is 10.0. The summed E-state index contributed by atoms with van der Waals surface area (Å²) in [5.41, 5.74) is 6.52. The summed E-state index contributed by atoms with van der Waals surface area (Å²) < 4.78 is 18.4. The van der Waals surface area contributed by atoms with Crippen molar-refractivity contribution < 1.29 is 13.9 Å². The zero-order chi connectivity index (χ0) is 14.0. The highest BCUT2D eigenvalue weighted by molar-refractivity contribution is 6.31. The Kier molecular flexibility index (Phi) is 3.71. The molecule has 0 unspecified atom stereocenters. The van der Waals surface area contributed by atoms with Gasteiger partial charge in [-0.15, -0.1) is 0 Å². The number of nitrogen functional groups attached to an aromatic ring is 1. The molecule has 98 valence electrons. The van der Waals surface area contributed by atoms with Gasteiger partial charge < -0.3 is 10.5 Å². The van der Waals surface area contributed by atoms with Crippen LogP contribution in [0.3, 0.4) is 0 Å². The number of hydrogen-bond donors (Lipinski definition) is 1. The molecular formula is C14H11ClFNO2. The van der Waals surface area contributed by atoms with Crippen LogP contribution in [0.15, 0.2) is 36.4 Å². The Morgan fingerprint density at radius 3 is 2.53 bits per heavy atom. The molecular weight excluding hydrogens is 269 g/mol. The van der Waals surface area contributed by atoms with Gasteiger partial charge in [0.1, 0.15) is 0 Å². The molecule has 2 aromatic carbocycles. The van der Waals surface area contributed by atoms with Crippen molar-refractivity contribution in [2.75, 3.05) is 12.8 Å². The monoisotopic (exact) mass is 279 g/mol. The highest BCUT2D eigenvalue weighted by Crippen LogP contribution is 2.22. The predicted molar refractivity (Wildman–Crippen MR) is 72.2 cm³/mol. The molecule has 3 nitrogen and oxygen atoms in total. The van der Waals surface area contributed by atoms with E-state index in [9.17, 15) is 9.18 Å². The van der Waals surface area contributed by atoms with Crippen LogP contribution < -0.4 is 10.5 Å². The van der Waals surface area contributed by atoms with Gasteiger partial charge in [-0.05, 0) is 36.4 Å². The Morgan fingerprint density at radius 1 is 1.21 bits per heavy atom. The fraction of sp³-hybridized carbons (Fsp3) is 0.0714. The zero-order valence-electron chi connectivity index (χ0n) is 10.1. The summed E-state index contributed by atoms with van der Waals surface area (Å²) in [6, 6.07) is 8.53. The minimum atomic E-state index is -0.594. The number of hydrogen-bond acceptors (Lipinski definition) is 3. The molecule has 0 saturated carbocycles. The number of methoxy groups -OCH3 is 1. The van der Waals surface area contributed by atoms with E-state index in [1.165, 1.54) is 37.4 Å². The summed E-state index contributed by atoms with van der Waals surface area (Å²) in [7, 11) is 1.36. The van der Waals surface area contributed by atoms with Crippen LogP contribution in [0.5, 0.6) is 5.75 Å². The average Bonchev–Trinajstić information content (AvgIpc) is 2.36. The van der Waals surface area contributed by atoms with Crippen molar-refractivity contribution in [3.63, 3.8) is 0 Å². The Hall–Kier alpha value is -2.07. The molecule has 0 aliphatic rings. The third-order valence-electron chi connectivity index (χ3n) is 2.60. The summed E-state index contributed by atoms with van der Waals surface area (Å²) in [5.74, 6) is -0.860. The fourth-order valence-electron chi connectivity index (χ4n) is 1.72. The van der Waals surface area contributed by atoms with E-state index < -0.39 is 5.82 Å². The van der Waals surface area contributed by atoms with E-state index in [-0.39, 0.29) is 17.1 Å². The van der Waals surface area contributed by atoms with Crippen molar-refractivity contribution >= 4 is 23.1 Å². The molecule has 5 heteroatoms. The standard InChI is InChI=1S/C14H11ClFNO2/c1-19-13-3-2-8(6-12(13)16)14(18)9-4-10(15)7-11(17)5-9/h2-7H,17H2,1H3. The molecule has 0 amide bonds. The van der Waals surface area contributed by atoms with Gasteiger partial charge in [0.15, 0.2) is 17.3 Å². The summed E-state index contributed by atoms with van der Waals surface area (Å²) in [6.45, 7) is 0. The molecule has 0 heterocycles. The molecule has 2 aromatic rings. The van der Waals surface area contributed by atoms with E-state index in [0.717, 1.165) is 6.07 Å². The van der Waals surface area contributed by atoms with Crippen molar-refractivity contribution in [2.45, 2.75) is 0 Å². The van der Waals surface area contributed by atoms with E-state index in [4.69, 9.17) is 22.1 Å². The van der Waals surface area contributed by atoms with Crippen molar-refractivity contribution in [2.24, 2.45) is 0 Å². The molecule has 0 spiro atoms.